The van der Waals surface area contributed by atoms with Crippen LogP contribution in [0.1, 0.15) is 70.4 Å². The minimum absolute atomic E-state index is 0.0527. The number of nitrogens with zero attached hydrogens (tertiary/aromatic N) is 2. The van der Waals surface area contributed by atoms with E-state index in [0.717, 1.165) is 24.2 Å². The number of aromatic nitrogens is 2. The molecule has 0 unspecified atom stereocenters. The third kappa shape index (κ3) is 6.16. The maximum atomic E-state index is 12.3. The number of nitrogen functional groups attached to an aromatic ring is 1. The summed E-state index contributed by atoms with van der Waals surface area (Å²) in [6, 6.07) is 5.94. The van der Waals surface area contributed by atoms with Crippen molar-refractivity contribution >= 4 is 12.0 Å². The summed E-state index contributed by atoms with van der Waals surface area (Å²) in [5, 5.41) is 2.97. The standard InChI is InChI=1S/C27H34N4O4/c1-26(2,3)35-25(32)31-20-14-27(15-20,12-11-18-16-29-24(28)30-17-18)19-9-10-22(33-4)23(13-19)34-21-7-5-6-8-21/h9-10,13,16-17,20-21H,5-8,14-15H2,1-4H3,(H,31,32)(H2,28,29,30)/t20-,27-. The number of alkyl carbamates (subject to hydrolysis) is 1. The summed E-state index contributed by atoms with van der Waals surface area (Å²) in [7, 11) is 1.65. The first-order valence-electron chi connectivity index (χ1n) is 12.1. The van der Waals surface area contributed by atoms with E-state index in [1.807, 2.05) is 39.0 Å². The molecule has 0 spiro atoms. The van der Waals surface area contributed by atoms with Gasteiger partial charge in [0.2, 0.25) is 5.95 Å². The SMILES string of the molecule is COc1ccc([C@]2(C#Cc3cnc(N)nc3)C[C@@H](NC(=O)OC(C)(C)C)C2)cc1OC1CCCC1. The number of rotatable bonds is 5. The fourth-order valence-corrected chi connectivity index (χ4v) is 4.61. The number of carbonyl (C=O) groups is 1. The van der Waals surface area contributed by atoms with E-state index in [4.69, 9.17) is 19.9 Å². The molecule has 1 aromatic heterocycles. The Morgan fingerprint density at radius 3 is 2.46 bits per heavy atom. The molecule has 2 aliphatic carbocycles. The van der Waals surface area contributed by atoms with Crippen LogP contribution in [0.3, 0.4) is 0 Å². The van der Waals surface area contributed by atoms with Crippen LogP contribution in [0.2, 0.25) is 0 Å². The van der Waals surface area contributed by atoms with E-state index in [9.17, 15) is 4.79 Å². The molecule has 2 saturated carbocycles. The molecule has 8 heteroatoms. The lowest BCUT2D eigenvalue weighted by atomic mass is 9.62. The topological polar surface area (TPSA) is 109 Å². The van der Waals surface area contributed by atoms with Crippen molar-refractivity contribution in [3.63, 3.8) is 0 Å². The average Bonchev–Trinajstić information content (AvgIpc) is 3.28. The molecule has 0 saturated heterocycles. The number of nitrogens with one attached hydrogen (secondary N) is 1. The minimum Gasteiger partial charge on any atom is -0.493 e. The fourth-order valence-electron chi connectivity index (χ4n) is 4.61. The monoisotopic (exact) mass is 478 g/mol. The molecule has 0 aliphatic heterocycles. The molecule has 35 heavy (non-hydrogen) atoms. The summed E-state index contributed by atoms with van der Waals surface area (Å²) in [5.41, 5.74) is 6.29. The van der Waals surface area contributed by atoms with Crippen LogP contribution in [0, 0.1) is 11.8 Å². The van der Waals surface area contributed by atoms with Gasteiger partial charge in [-0.1, -0.05) is 17.9 Å². The molecular weight excluding hydrogens is 444 g/mol. The van der Waals surface area contributed by atoms with Crippen molar-refractivity contribution in [1.82, 2.24) is 15.3 Å². The lowest BCUT2D eigenvalue weighted by molar-refractivity contribution is 0.0454. The van der Waals surface area contributed by atoms with Crippen molar-refractivity contribution in [1.29, 1.82) is 0 Å². The van der Waals surface area contributed by atoms with Crippen molar-refractivity contribution in [3.8, 4) is 23.3 Å². The zero-order valence-electron chi connectivity index (χ0n) is 20.9. The van der Waals surface area contributed by atoms with Crippen LogP contribution in [0.4, 0.5) is 10.7 Å². The molecule has 1 amide bonds. The van der Waals surface area contributed by atoms with Crippen LogP contribution < -0.4 is 20.5 Å². The quantitative estimate of drug-likeness (QED) is 0.615. The van der Waals surface area contributed by atoms with Crippen molar-refractivity contribution in [2.45, 2.75) is 82.5 Å². The van der Waals surface area contributed by atoms with Gasteiger partial charge in [-0.15, -0.1) is 0 Å². The highest BCUT2D eigenvalue weighted by atomic mass is 16.6. The first-order chi connectivity index (χ1) is 16.7. The van der Waals surface area contributed by atoms with Gasteiger partial charge in [-0.05, 0) is 77.0 Å². The second-order valence-electron chi connectivity index (χ2n) is 10.3. The second kappa shape index (κ2) is 10.0. The number of hydrogen-bond donors (Lipinski definition) is 2. The summed E-state index contributed by atoms with van der Waals surface area (Å²) in [5.74, 6) is 8.28. The third-order valence-corrected chi connectivity index (χ3v) is 6.34. The summed E-state index contributed by atoms with van der Waals surface area (Å²) >= 11 is 0. The van der Waals surface area contributed by atoms with Crippen LogP contribution in [0.25, 0.3) is 0 Å². The van der Waals surface area contributed by atoms with Gasteiger partial charge in [0.05, 0.1) is 24.2 Å². The fraction of sp³-hybridized carbons (Fsp3) is 0.519. The Balaban J connectivity index is 1.60. The van der Waals surface area contributed by atoms with E-state index in [-0.39, 0.29) is 18.1 Å². The molecule has 2 fully saturated rings. The summed E-state index contributed by atoms with van der Waals surface area (Å²) in [6.07, 6.45) is 8.77. The van der Waals surface area contributed by atoms with Crippen molar-refractivity contribution in [3.05, 3.63) is 41.7 Å². The first kappa shape index (κ1) is 24.6. The number of methoxy groups -OCH3 is 1. The largest absolute Gasteiger partial charge is 0.493 e. The molecule has 186 valence electrons. The van der Waals surface area contributed by atoms with E-state index in [1.54, 1.807) is 19.5 Å². The molecule has 3 N–H and O–H groups in total. The highest BCUT2D eigenvalue weighted by Crippen LogP contribution is 2.46. The first-order valence-corrected chi connectivity index (χ1v) is 12.1. The van der Waals surface area contributed by atoms with E-state index in [2.05, 4.69) is 27.1 Å². The number of carbonyl (C=O) groups excluding carboxylic acids is 1. The number of nitrogens with two attached hydrogens (primary N) is 1. The van der Waals surface area contributed by atoms with Crippen LogP contribution in [0.15, 0.2) is 30.6 Å². The van der Waals surface area contributed by atoms with Crippen molar-refractivity contribution < 1.29 is 19.0 Å². The van der Waals surface area contributed by atoms with Gasteiger partial charge in [0, 0.05) is 18.4 Å². The predicted octanol–water partition coefficient (Wildman–Crippen LogP) is 4.37. The van der Waals surface area contributed by atoms with Gasteiger partial charge in [-0.25, -0.2) is 14.8 Å². The number of hydrogen-bond acceptors (Lipinski definition) is 7. The maximum absolute atomic E-state index is 12.3. The molecular formula is C27H34N4O4. The molecule has 2 aromatic rings. The second-order valence-corrected chi connectivity index (χ2v) is 10.3. The third-order valence-electron chi connectivity index (χ3n) is 6.34. The normalized spacial score (nSPS) is 21.9. The number of amides is 1. The molecule has 1 aromatic carbocycles. The van der Waals surface area contributed by atoms with Gasteiger partial charge in [-0.2, -0.15) is 0 Å². The van der Waals surface area contributed by atoms with E-state index in [0.29, 0.717) is 24.2 Å². The van der Waals surface area contributed by atoms with Gasteiger partial charge in [-0.3, -0.25) is 0 Å². The lowest BCUT2D eigenvalue weighted by Crippen LogP contribution is -2.53. The Morgan fingerprint density at radius 1 is 1.14 bits per heavy atom. The van der Waals surface area contributed by atoms with Crippen LogP contribution >= 0.6 is 0 Å². The van der Waals surface area contributed by atoms with Gasteiger partial charge in [0.1, 0.15) is 5.60 Å². The maximum Gasteiger partial charge on any atom is 0.407 e. The smallest absolute Gasteiger partial charge is 0.407 e. The van der Waals surface area contributed by atoms with Crippen LogP contribution in [-0.2, 0) is 10.2 Å². The van der Waals surface area contributed by atoms with Gasteiger partial charge >= 0.3 is 6.09 Å². The summed E-state index contributed by atoms with van der Waals surface area (Å²) < 4.78 is 17.3. The van der Waals surface area contributed by atoms with Gasteiger partial charge in [0.25, 0.3) is 0 Å². The lowest BCUT2D eigenvalue weighted by Gasteiger charge is -2.45. The summed E-state index contributed by atoms with van der Waals surface area (Å²) in [4.78, 5) is 20.4. The van der Waals surface area contributed by atoms with Crippen LogP contribution in [0.5, 0.6) is 11.5 Å². The summed E-state index contributed by atoms with van der Waals surface area (Å²) in [6.45, 7) is 5.54. The van der Waals surface area contributed by atoms with E-state index >= 15 is 0 Å². The molecule has 0 atom stereocenters. The Kier molecular flexibility index (Phi) is 7.06. The van der Waals surface area contributed by atoms with Gasteiger partial charge in [0.15, 0.2) is 11.5 Å². The van der Waals surface area contributed by atoms with E-state index in [1.165, 1.54) is 12.8 Å². The molecule has 4 rings (SSSR count). The Morgan fingerprint density at radius 2 is 1.83 bits per heavy atom. The zero-order chi connectivity index (χ0) is 25.1. The number of anilines is 1. The minimum atomic E-state index is -0.553. The number of ether oxygens (including phenoxy) is 3. The zero-order valence-corrected chi connectivity index (χ0v) is 20.9. The average molecular weight is 479 g/mol. The molecule has 1 heterocycles. The molecule has 8 nitrogen and oxygen atoms in total. The molecule has 0 bridgehead atoms. The Hall–Kier alpha value is -3.47. The highest BCUT2D eigenvalue weighted by molar-refractivity contribution is 5.68. The number of benzene rings is 1. The van der Waals surface area contributed by atoms with Crippen molar-refractivity contribution in [2.24, 2.45) is 0 Å². The highest BCUT2D eigenvalue weighted by Gasteiger charge is 2.46. The Labute approximate surface area is 207 Å². The molecule has 0 radical (unpaired) electrons. The molecule has 2 aliphatic rings. The van der Waals surface area contributed by atoms with Crippen LogP contribution in [-0.4, -0.2) is 40.9 Å². The van der Waals surface area contributed by atoms with Crippen molar-refractivity contribution in [2.75, 3.05) is 12.8 Å². The van der Waals surface area contributed by atoms with E-state index < -0.39 is 17.1 Å². The predicted molar refractivity (Wildman–Crippen MR) is 133 cm³/mol. The van der Waals surface area contributed by atoms with Gasteiger partial charge < -0.3 is 25.3 Å². The Bertz CT molecular complexity index is 1100.